The van der Waals surface area contributed by atoms with E-state index in [1.54, 1.807) is 12.3 Å². The quantitative estimate of drug-likeness (QED) is 0.709. The first-order valence-electron chi connectivity index (χ1n) is 5.32. The SMILES string of the molecule is Cc1ccnc(N)c1C(O)C(O)C(C)(C)C. The molecule has 16 heavy (non-hydrogen) atoms. The van der Waals surface area contributed by atoms with Crippen molar-refractivity contribution in [1.29, 1.82) is 0 Å². The smallest absolute Gasteiger partial charge is 0.129 e. The highest BCUT2D eigenvalue weighted by Crippen LogP contribution is 2.33. The van der Waals surface area contributed by atoms with E-state index in [-0.39, 0.29) is 5.82 Å². The van der Waals surface area contributed by atoms with Gasteiger partial charge in [-0.1, -0.05) is 20.8 Å². The van der Waals surface area contributed by atoms with Crippen molar-refractivity contribution in [2.75, 3.05) is 5.73 Å². The third-order valence-corrected chi connectivity index (χ3v) is 2.72. The fourth-order valence-electron chi connectivity index (χ4n) is 1.61. The largest absolute Gasteiger partial charge is 0.390 e. The molecule has 1 rings (SSSR count). The van der Waals surface area contributed by atoms with Gasteiger partial charge >= 0.3 is 0 Å². The highest BCUT2D eigenvalue weighted by molar-refractivity contribution is 5.45. The summed E-state index contributed by atoms with van der Waals surface area (Å²) in [4.78, 5) is 3.93. The molecule has 1 heterocycles. The molecule has 0 spiro atoms. The van der Waals surface area contributed by atoms with Crippen molar-refractivity contribution in [2.24, 2.45) is 5.41 Å². The molecule has 2 atom stereocenters. The van der Waals surface area contributed by atoms with Crippen LogP contribution in [0.4, 0.5) is 5.82 Å². The molecule has 0 aliphatic heterocycles. The molecule has 0 saturated carbocycles. The Bertz CT molecular complexity index is 352. The summed E-state index contributed by atoms with van der Waals surface area (Å²) in [5, 5.41) is 20.1. The number of rotatable bonds is 2. The number of anilines is 1. The lowest BCUT2D eigenvalue weighted by atomic mass is 9.83. The van der Waals surface area contributed by atoms with E-state index < -0.39 is 17.6 Å². The first kappa shape index (κ1) is 12.9. The lowest BCUT2D eigenvalue weighted by molar-refractivity contribution is -0.0458. The van der Waals surface area contributed by atoms with Crippen LogP contribution in [-0.4, -0.2) is 21.3 Å². The molecule has 0 aliphatic rings. The molecule has 0 radical (unpaired) electrons. The van der Waals surface area contributed by atoms with Crippen LogP contribution in [0.15, 0.2) is 12.3 Å². The van der Waals surface area contributed by atoms with Crippen molar-refractivity contribution in [2.45, 2.75) is 39.9 Å². The number of pyridine rings is 1. The zero-order chi connectivity index (χ0) is 12.5. The summed E-state index contributed by atoms with van der Waals surface area (Å²) in [7, 11) is 0. The van der Waals surface area contributed by atoms with Gasteiger partial charge in [0.1, 0.15) is 11.9 Å². The van der Waals surface area contributed by atoms with E-state index >= 15 is 0 Å². The highest BCUT2D eigenvalue weighted by Gasteiger charge is 2.32. The minimum absolute atomic E-state index is 0.274. The molecule has 4 heteroatoms. The highest BCUT2D eigenvalue weighted by atomic mass is 16.3. The number of nitrogen functional groups attached to an aromatic ring is 1. The molecule has 0 aliphatic carbocycles. The second-order valence-corrected chi connectivity index (χ2v) is 5.18. The molecule has 4 nitrogen and oxygen atoms in total. The zero-order valence-electron chi connectivity index (χ0n) is 10.2. The van der Waals surface area contributed by atoms with Crippen molar-refractivity contribution in [3.63, 3.8) is 0 Å². The fourth-order valence-corrected chi connectivity index (χ4v) is 1.61. The van der Waals surface area contributed by atoms with E-state index in [2.05, 4.69) is 4.98 Å². The van der Waals surface area contributed by atoms with Crippen molar-refractivity contribution < 1.29 is 10.2 Å². The molecule has 0 saturated heterocycles. The van der Waals surface area contributed by atoms with Crippen molar-refractivity contribution >= 4 is 5.82 Å². The van der Waals surface area contributed by atoms with Gasteiger partial charge in [-0.3, -0.25) is 0 Å². The number of nitrogens with two attached hydrogens (primary N) is 1. The molecule has 4 N–H and O–H groups in total. The van der Waals surface area contributed by atoms with E-state index in [4.69, 9.17) is 5.73 Å². The Labute approximate surface area is 96.1 Å². The van der Waals surface area contributed by atoms with Crippen LogP contribution >= 0.6 is 0 Å². The predicted molar refractivity (Wildman–Crippen MR) is 63.8 cm³/mol. The molecule has 0 amide bonds. The lowest BCUT2D eigenvalue weighted by Crippen LogP contribution is -2.33. The standard InChI is InChI=1S/C12H20N2O2/c1-7-5-6-14-11(13)8(7)9(15)10(16)12(2,3)4/h5-6,9-10,15-16H,1-4H3,(H2,13,14). The Balaban J connectivity index is 3.10. The topological polar surface area (TPSA) is 79.4 Å². The number of hydrogen-bond acceptors (Lipinski definition) is 4. The van der Waals surface area contributed by atoms with Crippen LogP contribution < -0.4 is 5.73 Å². The first-order chi connectivity index (χ1) is 7.25. The Morgan fingerprint density at radius 2 is 1.88 bits per heavy atom. The Morgan fingerprint density at radius 1 is 1.31 bits per heavy atom. The molecule has 2 unspecified atom stereocenters. The van der Waals surface area contributed by atoms with Crippen molar-refractivity contribution in [3.8, 4) is 0 Å². The molecule has 1 aromatic heterocycles. The zero-order valence-corrected chi connectivity index (χ0v) is 10.2. The van der Waals surface area contributed by atoms with Gasteiger partial charge in [-0.2, -0.15) is 0 Å². The van der Waals surface area contributed by atoms with Gasteiger partial charge in [0, 0.05) is 11.8 Å². The summed E-state index contributed by atoms with van der Waals surface area (Å²) in [5.41, 5.74) is 6.67. The summed E-state index contributed by atoms with van der Waals surface area (Å²) in [6.07, 6.45) is -0.295. The normalized spacial score (nSPS) is 15.9. The van der Waals surface area contributed by atoms with Crippen LogP contribution in [0.3, 0.4) is 0 Å². The lowest BCUT2D eigenvalue weighted by Gasteiger charge is -2.31. The van der Waals surface area contributed by atoms with Gasteiger partial charge in [-0.15, -0.1) is 0 Å². The van der Waals surface area contributed by atoms with E-state index in [0.29, 0.717) is 5.56 Å². The molecule has 0 bridgehead atoms. The van der Waals surface area contributed by atoms with Crippen LogP contribution in [0, 0.1) is 12.3 Å². The van der Waals surface area contributed by atoms with E-state index in [1.807, 2.05) is 27.7 Å². The Hall–Kier alpha value is -1.13. The van der Waals surface area contributed by atoms with Crippen LogP contribution in [-0.2, 0) is 0 Å². The average Bonchev–Trinajstić information content (AvgIpc) is 2.14. The second-order valence-electron chi connectivity index (χ2n) is 5.18. The van der Waals surface area contributed by atoms with Gasteiger partial charge in [0.2, 0.25) is 0 Å². The molecule has 90 valence electrons. The van der Waals surface area contributed by atoms with E-state index in [1.165, 1.54) is 0 Å². The number of aromatic nitrogens is 1. The number of nitrogens with zero attached hydrogens (tertiary/aromatic N) is 1. The van der Waals surface area contributed by atoms with Crippen molar-refractivity contribution in [1.82, 2.24) is 4.98 Å². The fraction of sp³-hybridized carbons (Fsp3) is 0.583. The maximum Gasteiger partial charge on any atom is 0.129 e. The molecule has 1 aromatic rings. The minimum atomic E-state index is -1.01. The maximum absolute atomic E-state index is 10.1. The third-order valence-electron chi connectivity index (χ3n) is 2.72. The second kappa shape index (κ2) is 4.39. The van der Waals surface area contributed by atoms with Gasteiger partial charge in [0.15, 0.2) is 0 Å². The molecular formula is C12H20N2O2. The van der Waals surface area contributed by atoms with Gasteiger partial charge in [0.25, 0.3) is 0 Å². The Kier molecular flexibility index (Phi) is 3.55. The minimum Gasteiger partial charge on any atom is -0.390 e. The van der Waals surface area contributed by atoms with Crippen LogP contribution in [0.1, 0.15) is 38.0 Å². The summed E-state index contributed by atoms with van der Waals surface area (Å²) < 4.78 is 0. The third kappa shape index (κ3) is 2.51. The summed E-state index contributed by atoms with van der Waals surface area (Å²) in [6.45, 7) is 7.43. The monoisotopic (exact) mass is 224 g/mol. The molecule has 0 aromatic carbocycles. The average molecular weight is 224 g/mol. The number of hydrogen-bond donors (Lipinski definition) is 3. The maximum atomic E-state index is 10.1. The van der Waals surface area contributed by atoms with E-state index in [0.717, 1.165) is 5.56 Å². The summed E-state index contributed by atoms with van der Waals surface area (Å²) in [5.74, 6) is 0.274. The molecule has 0 fully saturated rings. The predicted octanol–water partition coefficient (Wildman–Crippen LogP) is 1.41. The van der Waals surface area contributed by atoms with Gasteiger partial charge < -0.3 is 15.9 Å². The van der Waals surface area contributed by atoms with Crippen LogP contribution in [0.2, 0.25) is 0 Å². The van der Waals surface area contributed by atoms with Gasteiger partial charge in [-0.05, 0) is 24.0 Å². The Morgan fingerprint density at radius 3 is 2.31 bits per heavy atom. The first-order valence-corrected chi connectivity index (χ1v) is 5.32. The van der Waals surface area contributed by atoms with E-state index in [9.17, 15) is 10.2 Å². The van der Waals surface area contributed by atoms with Crippen LogP contribution in [0.25, 0.3) is 0 Å². The van der Waals surface area contributed by atoms with Crippen molar-refractivity contribution in [3.05, 3.63) is 23.4 Å². The number of aliphatic hydroxyl groups excluding tert-OH is 2. The summed E-state index contributed by atoms with van der Waals surface area (Å²) >= 11 is 0. The number of aliphatic hydroxyl groups is 2. The number of aryl methyl sites for hydroxylation is 1. The van der Waals surface area contributed by atoms with Gasteiger partial charge in [-0.25, -0.2) is 4.98 Å². The van der Waals surface area contributed by atoms with Crippen LogP contribution in [0.5, 0.6) is 0 Å². The summed E-state index contributed by atoms with van der Waals surface area (Å²) in [6, 6.07) is 1.77. The molecular weight excluding hydrogens is 204 g/mol. The van der Waals surface area contributed by atoms with Gasteiger partial charge in [0.05, 0.1) is 6.10 Å².